The van der Waals surface area contributed by atoms with Gasteiger partial charge in [0, 0.05) is 14.1 Å². The van der Waals surface area contributed by atoms with Crippen LogP contribution in [0.3, 0.4) is 0 Å². The van der Waals surface area contributed by atoms with Gasteiger partial charge in [0.15, 0.2) is 0 Å². The monoisotopic (exact) mass is 147 g/mol. The summed E-state index contributed by atoms with van der Waals surface area (Å²) in [5, 5.41) is 1.73. The first-order chi connectivity index (χ1) is 4.48. The van der Waals surface area contributed by atoms with E-state index in [1.165, 1.54) is 0 Å². The molecule has 0 spiro atoms. The van der Waals surface area contributed by atoms with Crippen LogP contribution in [-0.2, 0) is 4.94 Å². The van der Waals surface area contributed by atoms with Crippen LogP contribution >= 0.6 is 0 Å². The Morgan fingerprint density at radius 2 is 1.80 bits per heavy atom. The largest absolute Gasteiger partial charge is 0.164 e. The number of hydrogen-bond donors (Lipinski definition) is 0. The average molecular weight is 147 g/mol. The molecule has 0 fully saturated rings. The zero-order valence-electron chi connectivity index (χ0n) is 7.72. The van der Waals surface area contributed by atoms with Gasteiger partial charge in [-0.3, -0.25) is 0 Å². The van der Waals surface area contributed by atoms with Crippen LogP contribution < -0.4 is 0 Å². The summed E-state index contributed by atoms with van der Waals surface area (Å²) in [5.74, 6) is 0. The second-order valence-corrected chi connectivity index (χ2v) is 3.19. The normalized spacial score (nSPS) is 12.6. The Balaban J connectivity index is 3.63. The van der Waals surface area contributed by atoms with Crippen molar-refractivity contribution in [3.8, 4) is 0 Å². The third-order valence-electron chi connectivity index (χ3n) is 1.15. The first-order valence-electron chi connectivity index (χ1n) is 3.68. The number of hydroxylamine groups is 5. The van der Waals surface area contributed by atoms with Crippen molar-refractivity contribution in [3.63, 3.8) is 0 Å². The summed E-state index contributed by atoms with van der Waals surface area (Å²) in [5.41, 5.74) is 0. The van der Waals surface area contributed by atoms with E-state index in [0.717, 1.165) is 13.0 Å². The third-order valence-corrected chi connectivity index (χ3v) is 1.15. The molecule has 0 saturated carbocycles. The lowest BCUT2D eigenvalue weighted by molar-refractivity contribution is -1.10. The molecule has 0 atom stereocenters. The molecule has 0 aliphatic rings. The Hall–Kier alpha value is -0.120. The molecule has 0 aromatic rings. The van der Waals surface area contributed by atoms with Crippen molar-refractivity contribution in [1.29, 1.82) is 0 Å². The fraction of sp³-hybridized carbons (Fsp3) is 1.00. The van der Waals surface area contributed by atoms with Crippen molar-refractivity contribution >= 4 is 0 Å². The first kappa shape index (κ1) is 9.88. The van der Waals surface area contributed by atoms with E-state index in [4.69, 9.17) is 4.94 Å². The Morgan fingerprint density at radius 3 is 2.10 bits per heavy atom. The summed E-state index contributed by atoms with van der Waals surface area (Å²) < 4.78 is 0.601. The molecule has 0 radical (unpaired) electrons. The van der Waals surface area contributed by atoms with Gasteiger partial charge in [-0.15, -0.1) is 10.0 Å². The highest BCUT2D eigenvalue weighted by Gasteiger charge is 2.16. The van der Waals surface area contributed by atoms with E-state index in [1.807, 2.05) is 28.2 Å². The molecule has 62 valence electrons. The molecule has 0 amide bonds. The van der Waals surface area contributed by atoms with Gasteiger partial charge in [0.1, 0.15) is 20.6 Å². The molecule has 10 heavy (non-hydrogen) atoms. The average Bonchev–Trinajstić information content (AvgIpc) is 1.59. The minimum Gasteiger partial charge on any atom is -0.164 e. The molecular formula is C7H19N2O+. The van der Waals surface area contributed by atoms with Gasteiger partial charge in [-0.05, 0) is 6.42 Å². The van der Waals surface area contributed by atoms with Crippen molar-refractivity contribution in [3.05, 3.63) is 0 Å². The predicted molar refractivity (Wildman–Crippen MR) is 42.0 cm³/mol. The maximum Gasteiger partial charge on any atom is 0.110 e. The predicted octanol–water partition coefficient (Wildman–Crippen LogP) is 0.881. The fourth-order valence-electron chi connectivity index (χ4n) is 1.02. The second-order valence-electron chi connectivity index (χ2n) is 3.19. The molecule has 0 heterocycles. The van der Waals surface area contributed by atoms with Crippen molar-refractivity contribution in [2.45, 2.75) is 13.3 Å². The Bertz CT molecular complexity index is 91.6. The highest BCUT2D eigenvalue weighted by atomic mass is 16.9. The molecular weight excluding hydrogens is 128 g/mol. The smallest absolute Gasteiger partial charge is 0.110 e. The first-order valence-corrected chi connectivity index (χ1v) is 3.68. The van der Waals surface area contributed by atoms with Crippen molar-refractivity contribution in [2.24, 2.45) is 0 Å². The van der Waals surface area contributed by atoms with Crippen LogP contribution in [0.4, 0.5) is 0 Å². The van der Waals surface area contributed by atoms with Gasteiger partial charge in [-0.1, -0.05) is 6.92 Å². The summed E-state index contributed by atoms with van der Waals surface area (Å²) in [6.07, 6.45) is 1.14. The molecule has 0 bridgehead atoms. The molecule has 0 N–H and O–H groups in total. The van der Waals surface area contributed by atoms with Gasteiger partial charge in [-0.2, -0.15) is 4.65 Å². The van der Waals surface area contributed by atoms with Gasteiger partial charge in [0.25, 0.3) is 0 Å². The fourth-order valence-corrected chi connectivity index (χ4v) is 1.02. The summed E-state index contributed by atoms with van der Waals surface area (Å²) >= 11 is 0. The van der Waals surface area contributed by atoms with Crippen molar-refractivity contribution in [1.82, 2.24) is 5.06 Å². The van der Waals surface area contributed by atoms with Crippen LogP contribution in [0.25, 0.3) is 0 Å². The van der Waals surface area contributed by atoms with Crippen molar-refractivity contribution < 1.29 is 9.58 Å². The molecule has 0 aliphatic heterocycles. The molecule has 3 heteroatoms. The number of rotatable bonds is 4. The van der Waals surface area contributed by atoms with E-state index in [-0.39, 0.29) is 0 Å². The maximum absolute atomic E-state index is 5.45. The molecule has 0 rings (SSSR count). The van der Waals surface area contributed by atoms with Crippen LogP contribution in [0.1, 0.15) is 13.3 Å². The van der Waals surface area contributed by atoms with Crippen LogP contribution in [0.5, 0.6) is 0 Å². The van der Waals surface area contributed by atoms with Crippen LogP contribution in [0, 0.1) is 0 Å². The van der Waals surface area contributed by atoms with Gasteiger partial charge in [0.05, 0.1) is 0 Å². The standard InChI is InChI=1S/C7H19N2O/c1-6-7-9(4,5)10-8(2)3/h6-7H2,1-5H3/q+1. The zero-order valence-corrected chi connectivity index (χ0v) is 7.72. The summed E-state index contributed by atoms with van der Waals surface area (Å²) in [4.78, 5) is 5.45. The molecule has 3 nitrogen and oxygen atoms in total. The van der Waals surface area contributed by atoms with E-state index < -0.39 is 0 Å². The van der Waals surface area contributed by atoms with Crippen LogP contribution in [0.2, 0.25) is 0 Å². The van der Waals surface area contributed by atoms with E-state index in [0.29, 0.717) is 4.65 Å². The van der Waals surface area contributed by atoms with Crippen molar-refractivity contribution in [2.75, 3.05) is 34.7 Å². The number of nitrogens with zero attached hydrogens (tertiary/aromatic N) is 2. The highest BCUT2D eigenvalue weighted by Crippen LogP contribution is 2.00. The van der Waals surface area contributed by atoms with Crippen LogP contribution in [-0.4, -0.2) is 44.4 Å². The SMILES string of the molecule is CCC[N+](C)(C)ON(C)C. The number of quaternary nitrogens is 1. The summed E-state index contributed by atoms with van der Waals surface area (Å²) in [6.45, 7) is 3.19. The van der Waals surface area contributed by atoms with E-state index in [9.17, 15) is 0 Å². The lowest BCUT2D eigenvalue weighted by Crippen LogP contribution is -2.44. The van der Waals surface area contributed by atoms with Gasteiger partial charge >= 0.3 is 0 Å². The maximum atomic E-state index is 5.45. The molecule has 0 saturated heterocycles. The van der Waals surface area contributed by atoms with E-state index >= 15 is 0 Å². The molecule has 0 unspecified atom stereocenters. The Labute approximate surface area is 63.7 Å². The molecule has 0 aromatic heterocycles. The van der Waals surface area contributed by atoms with Gasteiger partial charge < -0.3 is 0 Å². The zero-order chi connectivity index (χ0) is 8.20. The Morgan fingerprint density at radius 1 is 1.30 bits per heavy atom. The highest BCUT2D eigenvalue weighted by molar-refractivity contribution is 4.18. The Kier molecular flexibility index (Phi) is 3.86. The summed E-state index contributed by atoms with van der Waals surface area (Å²) in [6, 6.07) is 0. The summed E-state index contributed by atoms with van der Waals surface area (Å²) in [7, 11) is 7.89. The topological polar surface area (TPSA) is 12.5 Å². The number of hydrogen-bond acceptors (Lipinski definition) is 2. The second kappa shape index (κ2) is 3.91. The quantitative estimate of drug-likeness (QED) is 0.432. The third kappa shape index (κ3) is 4.73. The lowest BCUT2D eigenvalue weighted by atomic mass is 10.4. The van der Waals surface area contributed by atoms with Crippen LogP contribution in [0.15, 0.2) is 0 Å². The van der Waals surface area contributed by atoms with E-state index in [1.54, 1.807) is 5.06 Å². The van der Waals surface area contributed by atoms with Gasteiger partial charge in [-0.25, -0.2) is 0 Å². The minimum atomic E-state index is 0.601. The molecule has 0 aliphatic carbocycles. The van der Waals surface area contributed by atoms with Gasteiger partial charge in [0.2, 0.25) is 0 Å². The minimum absolute atomic E-state index is 0.601. The lowest BCUT2D eigenvalue weighted by Gasteiger charge is -2.27. The molecule has 0 aromatic carbocycles. The van der Waals surface area contributed by atoms with E-state index in [2.05, 4.69) is 6.92 Å².